The number of methoxy groups -OCH3 is 2. The Labute approximate surface area is 70.0 Å². The predicted molar refractivity (Wildman–Crippen MR) is 38.3 cm³/mol. The lowest BCUT2D eigenvalue weighted by atomic mass is 10.3. The smallest absolute Gasteiger partial charge is 0.187 e. The number of halogens is 1. The summed E-state index contributed by atoms with van der Waals surface area (Å²) in [4.78, 5) is 0. The van der Waals surface area contributed by atoms with E-state index in [2.05, 4.69) is 0 Å². The summed E-state index contributed by atoms with van der Waals surface area (Å²) in [5, 5.41) is 8.73. The highest BCUT2D eigenvalue weighted by atomic mass is 35.5. The standard InChI is InChI=1S/C6H11ClO4/c1-9-5-3(7)4(8)6(10-2)11-5/h3-6,8H,1-2H3/t3-,4-,5+,6-/m1/s1. The molecule has 1 heterocycles. The summed E-state index contributed by atoms with van der Waals surface area (Å²) < 4.78 is 14.7. The second kappa shape index (κ2) is 3.69. The van der Waals surface area contributed by atoms with Crippen LogP contribution in [0.15, 0.2) is 0 Å². The van der Waals surface area contributed by atoms with Crippen LogP contribution in [0.5, 0.6) is 0 Å². The van der Waals surface area contributed by atoms with Crippen molar-refractivity contribution in [3.05, 3.63) is 0 Å². The van der Waals surface area contributed by atoms with E-state index in [0.29, 0.717) is 0 Å². The van der Waals surface area contributed by atoms with Crippen molar-refractivity contribution in [2.24, 2.45) is 0 Å². The largest absolute Gasteiger partial charge is 0.386 e. The Balaban J connectivity index is 2.53. The fraction of sp³-hybridized carbons (Fsp3) is 1.00. The fourth-order valence-corrected chi connectivity index (χ4v) is 1.26. The Morgan fingerprint density at radius 1 is 1.27 bits per heavy atom. The monoisotopic (exact) mass is 182 g/mol. The highest BCUT2D eigenvalue weighted by Crippen LogP contribution is 2.26. The molecule has 1 N–H and O–H groups in total. The van der Waals surface area contributed by atoms with E-state index < -0.39 is 24.1 Å². The van der Waals surface area contributed by atoms with Gasteiger partial charge in [0, 0.05) is 14.2 Å². The number of hydrogen-bond donors (Lipinski definition) is 1. The average Bonchev–Trinajstić information content (AvgIpc) is 2.30. The highest BCUT2D eigenvalue weighted by molar-refractivity contribution is 6.21. The summed E-state index contributed by atoms with van der Waals surface area (Å²) in [6.45, 7) is 0. The van der Waals surface area contributed by atoms with Crippen LogP contribution in [0.4, 0.5) is 0 Å². The molecule has 1 aliphatic rings. The van der Waals surface area contributed by atoms with Crippen LogP contribution in [-0.2, 0) is 14.2 Å². The van der Waals surface area contributed by atoms with Gasteiger partial charge in [0.1, 0.15) is 11.5 Å². The van der Waals surface area contributed by atoms with Crippen molar-refractivity contribution in [1.29, 1.82) is 0 Å². The van der Waals surface area contributed by atoms with Gasteiger partial charge in [-0.3, -0.25) is 0 Å². The molecule has 0 aromatic heterocycles. The number of hydrogen-bond acceptors (Lipinski definition) is 4. The van der Waals surface area contributed by atoms with Crippen LogP contribution in [0.2, 0.25) is 0 Å². The van der Waals surface area contributed by atoms with Gasteiger partial charge in [-0.2, -0.15) is 0 Å². The highest BCUT2D eigenvalue weighted by Gasteiger charge is 2.43. The number of aliphatic hydroxyl groups is 1. The first-order chi connectivity index (χ1) is 5.20. The van der Waals surface area contributed by atoms with Gasteiger partial charge in [0.2, 0.25) is 0 Å². The molecule has 0 spiro atoms. The van der Waals surface area contributed by atoms with E-state index >= 15 is 0 Å². The van der Waals surface area contributed by atoms with Crippen molar-refractivity contribution in [2.45, 2.75) is 24.1 Å². The number of rotatable bonds is 2. The Hall–Kier alpha value is 0.130. The zero-order chi connectivity index (χ0) is 8.43. The van der Waals surface area contributed by atoms with Crippen molar-refractivity contribution >= 4 is 11.6 Å². The second-order valence-corrected chi connectivity index (χ2v) is 2.78. The van der Waals surface area contributed by atoms with Crippen LogP contribution >= 0.6 is 11.6 Å². The third kappa shape index (κ3) is 1.65. The lowest BCUT2D eigenvalue weighted by Crippen LogP contribution is -2.29. The van der Waals surface area contributed by atoms with E-state index in [1.54, 1.807) is 0 Å². The maximum atomic E-state index is 9.30. The molecule has 0 amide bonds. The van der Waals surface area contributed by atoms with Crippen LogP contribution in [-0.4, -0.2) is 43.4 Å². The lowest BCUT2D eigenvalue weighted by molar-refractivity contribution is -0.199. The van der Waals surface area contributed by atoms with Crippen LogP contribution < -0.4 is 0 Å². The lowest BCUT2D eigenvalue weighted by Gasteiger charge is -2.10. The minimum absolute atomic E-state index is 0.565. The molecule has 0 aromatic carbocycles. The summed E-state index contributed by atoms with van der Waals surface area (Å²) in [6.07, 6.45) is -2.09. The molecule has 1 fully saturated rings. The molecule has 5 heteroatoms. The zero-order valence-electron chi connectivity index (χ0n) is 6.36. The van der Waals surface area contributed by atoms with Crippen LogP contribution in [0.25, 0.3) is 0 Å². The normalized spacial score (nSPS) is 44.7. The molecule has 11 heavy (non-hydrogen) atoms. The van der Waals surface area contributed by atoms with Gasteiger partial charge in [-0.25, -0.2) is 0 Å². The van der Waals surface area contributed by atoms with Gasteiger partial charge in [0.05, 0.1) is 0 Å². The molecule has 4 atom stereocenters. The predicted octanol–water partition coefficient (Wildman–Crippen LogP) is -0.0701. The maximum absolute atomic E-state index is 9.30. The van der Waals surface area contributed by atoms with Crippen LogP contribution in [0.1, 0.15) is 0 Å². The van der Waals surface area contributed by atoms with Crippen molar-refractivity contribution in [3.63, 3.8) is 0 Å². The molecular weight excluding hydrogens is 172 g/mol. The van der Waals surface area contributed by atoms with Crippen LogP contribution in [0.3, 0.4) is 0 Å². The molecule has 0 aliphatic carbocycles. The minimum Gasteiger partial charge on any atom is -0.386 e. The molecule has 0 radical (unpaired) electrons. The van der Waals surface area contributed by atoms with Gasteiger partial charge in [-0.1, -0.05) is 0 Å². The number of alkyl halides is 1. The van der Waals surface area contributed by atoms with E-state index in [4.69, 9.17) is 25.8 Å². The zero-order valence-corrected chi connectivity index (χ0v) is 7.12. The molecule has 0 aromatic rings. The Bertz CT molecular complexity index is 114. The quantitative estimate of drug-likeness (QED) is 0.608. The summed E-state index contributed by atoms with van der Waals surface area (Å²) in [7, 11) is 2.90. The van der Waals surface area contributed by atoms with Gasteiger partial charge in [0.15, 0.2) is 12.6 Å². The summed E-state index contributed by atoms with van der Waals surface area (Å²) in [6, 6.07) is 0. The molecule has 1 aliphatic heterocycles. The van der Waals surface area contributed by atoms with Gasteiger partial charge in [-0.15, -0.1) is 11.6 Å². The second-order valence-electron chi connectivity index (χ2n) is 2.28. The molecule has 1 rings (SSSR count). The van der Waals surface area contributed by atoms with Gasteiger partial charge < -0.3 is 19.3 Å². The van der Waals surface area contributed by atoms with E-state index in [0.717, 1.165) is 0 Å². The molecule has 0 saturated carbocycles. The van der Waals surface area contributed by atoms with E-state index in [-0.39, 0.29) is 0 Å². The fourth-order valence-electron chi connectivity index (χ4n) is 0.979. The SMILES string of the molecule is CO[C@@H]1O[C@H](OC)[C@H](Cl)[C@H]1O. The van der Waals surface area contributed by atoms with Crippen molar-refractivity contribution in [2.75, 3.05) is 14.2 Å². The first-order valence-electron chi connectivity index (χ1n) is 3.24. The van der Waals surface area contributed by atoms with Crippen molar-refractivity contribution in [1.82, 2.24) is 0 Å². The third-order valence-electron chi connectivity index (χ3n) is 1.60. The van der Waals surface area contributed by atoms with Crippen LogP contribution in [0, 0.1) is 0 Å². The van der Waals surface area contributed by atoms with E-state index in [9.17, 15) is 5.11 Å². The summed E-state index contributed by atoms with van der Waals surface area (Å²) >= 11 is 5.72. The topological polar surface area (TPSA) is 47.9 Å². The molecule has 4 nitrogen and oxygen atoms in total. The summed E-state index contributed by atoms with van der Waals surface area (Å²) in [5.41, 5.74) is 0. The van der Waals surface area contributed by atoms with E-state index in [1.807, 2.05) is 0 Å². The third-order valence-corrected chi connectivity index (χ3v) is 2.06. The molecular formula is C6H11ClO4. The molecule has 66 valence electrons. The van der Waals surface area contributed by atoms with Crippen molar-refractivity contribution in [3.8, 4) is 0 Å². The maximum Gasteiger partial charge on any atom is 0.187 e. The minimum atomic E-state index is -0.827. The van der Waals surface area contributed by atoms with Gasteiger partial charge in [-0.05, 0) is 0 Å². The first kappa shape index (κ1) is 9.22. The number of ether oxygens (including phenoxy) is 3. The first-order valence-corrected chi connectivity index (χ1v) is 3.67. The van der Waals surface area contributed by atoms with Gasteiger partial charge in [0.25, 0.3) is 0 Å². The van der Waals surface area contributed by atoms with E-state index in [1.165, 1.54) is 14.2 Å². The number of aliphatic hydroxyl groups excluding tert-OH is 1. The van der Waals surface area contributed by atoms with Crippen molar-refractivity contribution < 1.29 is 19.3 Å². The Morgan fingerprint density at radius 3 is 2.09 bits per heavy atom. The average molecular weight is 183 g/mol. The molecule has 0 unspecified atom stereocenters. The Kier molecular flexibility index (Phi) is 3.09. The molecule has 0 bridgehead atoms. The Morgan fingerprint density at radius 2 is 1.82 bits per heavy atom. The van der Waals surface area contributed by atoms with Gasteiger partial charge >= 0.3 is 0 Å². The molecule has 1 saturated heterocycles. The summed E-state index contributed by atoms with van der Waals surface area (Å²) in [5.74, 6) is 0.